The van der Waals surface area contributed by atoms with Crippen molar-refractivity contribution in [1.82, 2.24) is 10.3 Å². The number of allylic oxidation sites excluding steroid dienone is 4. The number of halogens is 4. The monoisotopic (exact) mass is 506 g/mol. The van der Waals surface area contributed by atoms with Crippen molar-refractivity contribution in [2.24, 2.45) is 0 Å². The van der Waals surface area contributed by atoms with E-state index in [2.05, 4.69) is 10.3 Å². The van der Waals surface area contributed by atoms with Crippen molar-refractivity contribution in [3.63, 3.8) is 0 Å². The van der Waals surface area contributed by atoms with Crippen LogP contribution >= 0.6 is 11.6 Å². The van der Waals surface area contributed by atoms with Crippen LogP contribution in [0.1, 0.15) is 61.7 Å². The molecule has 2 unspecified atom stereocenters. The van der Waals surface area contributed by atoms with Gasteiger partial charge in [-0.05, 0) is 81.2 Å². The summed E-state index contributed by atoms with van der Waals surface area (Å²) in [6.07, 6.45) is -0.0252. The van der Waals surface area contributed by atoms with Gasteiger partial charge in [-0.15, -0.1) is 0 Å². The van der Waals surface area contributed by atoms with Crippen LogP contribution in [0.15, 0.2) is 70.9 Å². The summed E-state index contributed by atoms with van der Waals surface area (Å²) in [5, 5.41) is 13.3. The third-order valence-electron chi connectivity index (χ3n) is 5.59. The predicted octanol–water partition coefficient (Wildman–Crippen LogP) is 7.20. The Bertz CT molecular complexity index is 1140. The minimum atomic E-state index is -4.88. The number of amides is 1. The van der Waals surface area contributed by atoms with Crippen molar-refractivity contribution in [2.75, 3.05) is 0 Å². The lowest BCUT2D eigenvalue weighted by Gasteiger charge is -2.20. The standard InChI is InChI=1S/C27H30ClF3N2O2/c1-6-17(4)23(10-9-22(28)7-2)18(5)33-26(35)21-13-19(24-11-8-16(3)15-32-24)12-20(14-21)25(34)27(29,30)31/h7-15,18,25,34H,6H2,1-5H3,(H,33,35)/b10-9-,22-7+,23-17+. The molecule has 0 aliphatic carbocycles. The molecule has 0 radical (unpaired) electrons. The van der Waals surface area contributed by atoms with Gasteiger partial charge in [-0.2, -0.15) is 13.2 Å². The van der Waals surface area contributed by atoms with Crippen LogP contribution in [0.4, 0.5) is 13.2 Å². The molecular formula is C27H30ClF3N2O2. The number of carbonyl (C=O) groups excluding carboxylic acids is 1. The van der Waals surface area contributed by atoms with E-state index in [1.807, 2.05) is 26.8 Å². The van der Waals surface area contributed by atoms with Crippen LogP contribution in [0.5, 0.6) is 0 Å². The highest BCUT2D eigenvalue weighted by atomic mass is 35.5. The fourth-order valence-corrected chi connectivity index (χ4v) is 3.46. The van der Waals surface area contributed by atoms with Crippen molar-refractivity contribution in [3.8, 4) is 11.3 Å². The molecule has 1 amide bonds. The van der Waals surface area contributed by atoms with Gasteiger partial charge in [0.2, 0.25) is 0 Å². The highest BCUT2D eigenvalue weighted by Gasteiger charge is 2.39. The Kier molecular flexibility index (Phi) is 9.86. The predicted molar refractivity (Wildman–Crippen MR) is 134 cm³/mol. The summed E-state index contributed by atoms with van der Waals surface area (Å²) in [5.74, 6) is -0.575. The van der Waals surface area contributed by atoms with Crippen molar-refractivity contribution in [1.29, 1.82) is 0 Å². The minimum Gasteiger partial charge on any atom is -0.379 e. The summed E-state index contributed by atoms with van der Waals surface area (Å²) in [7, 11) is 0. The van der Waals surface area contributed by atoms with E-state index in [4.69, 9.17) is 11.6 Å². The molecule has 188 valence electrons. The first kappa shape index (κ1) is 28.3. The molecule has 2 atom stereocenters. The first-order valence-electron chi connectivity index (χ1n) is 11.2. The van der Waals surface area contributed by atoms with Gasteiger partial charge in [-0.1, -0.05) is 42.3 Å². The second-order valence-electron chi connectivity index (χ2n) is 8.30. The Morgan fingerprint density at radius 1 is 1.23 bits per heavy atom. The normalized spacial score (nSPS) is 15.1. The number of hydrogen-bond acceptors (Lipinski definition) is 3. The van der Waals surface area contributed by atoms with Crippen molar-refractivity contribution < 1.29 is 23.1 Å². The topological polar surface area (TPSA) is 62.2 Å². The third kappa shape index (κ3) is 7.80. The maximum atomic E-state index is 13.3. The van der Waals surface area contributed by atoms with E-state index in [0.717, 1.165) is 29.2 Å². The van der Waals surface area contributed by atoms with Crippen molar-refractivity contribution in [2.45, 2.75) is 59.4 Å². The number of pyridine rings is 1. The molecule has 0 aliphatic heterocycles. The van der Waals surface area contributed by atoms with E-state index >= 15 is 0 Å². The number of alkyl halides is 3. The molecule has 2 aromatic rings. The number of aromatic nitrogens is 1. The molecule has 8 heteroatoms. The van der Waals surface area contributed by atoms with E-state index in [-0.39, 0.29) is 5.56 Å². The number of aliphatic hydroxyl groups excluding tert-OH is 1. The second-order valence-corrected chi connectivity index (χ2v) is 8.74. The van der Waals surface area contributed by atoms with E-state index in [1.54, 1.807) is 44.3 Å². The average Bonchev–Trinajstić information content (AvgIpc) is 2.82. The van der Waals surface area contributed by atoms with Gasteiger partial charge < -0.3 is 10.4 Å². The van der Waals surface area contributed by atoms with Gasteiger partial charge in [0.25, 0.3) is 5.91 Å². The summed E-state index contributed by atoms with van der Waals surface area (Å²) in [5.41, 5.74) is 2.98. The zero-order valence-corrected chi connectivity index (χ0v) is 21.1. The fourth-order valence-electron chi connectivity index (χ4n) is 3.40. The van der Waals surface area contributed by atoms with E-state index < -0.39 is 29.8 Å². The molecule has 2 rings (SSSR count). The van der Waals surface area contributed by atoms with Gasteiger partial charge in [-0.3, -0.25) is 9.78 Å². The number of aliphatic hydroxyl groups is 1. The summed E-state index contributed by atoms with van der Waals surface area (Å²) in [4.78, 5) is 17.4. The first-order valence-corrected chi connectivity index (χ1v) is 11.6. The highest BCUT2D eigenvalue weighted by molar-refractivity contribution is 6.31. The number of carbonyl (C=O) groups is 1. The molecule has 0 spiro atoms. The Balaban J connectivity index is 2.48. The van der Waals surface area contributed by atoms with Gasteiger partial charge in [0.05, 0.1) is 11.7 Å². The SMILES string of the molecule is C\C=C(Cl)/C=C\C(=C(\C)CC)C(C)NC(=O)c1cc(-c2ccc(C)cn2)cc(C(O)C(F)(F)F)c1. The summed E-state index contributed by atoms with van der Waals surface area (Å²) in [6, 6.07) is 6.70. The Labute approximate surface area is 209 Å². The van der Waals surface area contributed by atoms with Crippen LogP contribution in [-0.4, -0.2) is 28.2 Å². The zero-order valence-electron chi connectivity index (χ0n) is 20.4. The molecular weight excluding hydrogens is 477 g/mol. The number of nitrogens with zero attached hydrogens (tertiary/aromatic N) is 1. The van der Waals surface area contributed by atoms with E-state index in [9.17, 15) is 23.1 Å². The van der Waals surface area contributed by atoms with Gasteiger partial charge in [0.15, 0.2) is 6.10 Å². The highest BCUT2D eigenvalue weighted by Crippen LogP contribution is 2.35. The molecule has 0 saturated carbocycles. The van der Waals surface area contributed by atoms with Crippen LogP contribution in [-0.2, 0) is 0 Å². The van der Waals surface area contributed by atoms with E-state index in [1.165, 1.54) is 12.1 Å². The van der Waals surface area contributed by atoms with Crippen LogP contribution < -0.4 is 5.32 Å². The molecule has 4 nitrogen and oxygen atoms in total. The Morgan fingerprint density at radius 2 is 1.91 bits per heavy atom. The summed E-state index contributed by atoms with van der Waals surface area (Å²) in [6.45, 7) is 9.35. The first-order chi connectivity index (χ1) is 16.4. The summed E-state index contributed by atoms with van der Waals surface area (Å²) >= 11 is 6.08. The van der Waals surface area contributed by atoms with Crippen LogP contribution in [0.25, 0.3) is 11.3 Å². The zero-order chi connectivity index (χ0) is 26.3. The average molecular weight is 507 g/mol. The number of nitrogens with one attached hydrogen (secondary N) is 1. The maximum Gasteiger partial charge on any atom is 0.418 e. The van der Waals surface area contributed by atoms with Crippen LogP contribution in [0, 0.1) is 6.92 Å². The maximum absolute atomic E-state index is 13.3. The number of rotatable bonds is 8. The van der Waals surface area contributed by atoms with E-state index in [0.29, 0.717) is 16.3 Å². The lowest BCUT2D eigenvalue weighted by Crippen LogP contribution is -2.34. The van der Waals surface area contributed by atoms with Gasteiger partial charge >= 0.3 is 6.18 Å². The molecule has 1 heterocycles. The van der Waals surface area contributed by atoms with Crippen LogP contribution in [0.3, 0.4) is 0 Å². The molecule has 1 aromatic carbocycles. The number of aryl methyl sites for hydroxylation is 1. The van der Waals surface area contributed by atoms with Crippen molar-refractivity contribution in [3.05, 3.63) is 87.6 Å². The van der Waals surface area contributed by atoms with Crippen molar-refractivity contribution >= 4 is 17.5 Å². The molecule has 2 N–H and O–H groups in total. The molecule has 0 saturated heterocycles. The lowest BCUT2D eigenvalue weighted by atomic mass is 9.97. The largest absolute Gasteiger partial charge is 0.418 e. The lowest BCUT2D eigenvalue weighted by molar-refractivity contribution is -0.206. The Hall–Kier alpha value is -2.90. The summed E-state index contributed by atoms with van der Waals surface area (Å²) < 4.78 is 39.8. The number of hydrogen-bond donors (Lipinski definition) is 2. The quantitative estimate of drug-likeness (QED) is 0.372. The molecule has 1 aromatic heterocycles. The number of benzene rings is 1. The van der Waals surface area contributed by atoms with Gasteiger partial charge in [0.1, 0.15) is 0 Å². The van der Waals surface area contributed by atoms with Crippen LogP contribution in [0.2, 0.25) is 0 Å². The smallest absolute Gasteiger partial charge is 0.379 e. The third-order valence-corrected chi connectivity index (χ3v) is 5.93. The fraction of sp³-hybridized carbons (Fsp3) is 0.333. The molecule has 0 fully saturated rings. The molecule has 0 bridgehead atoms. The van der Waals surface area contributed by atoms with Gasteiger partial charge in [0, 0.05) is 22.4 Å². The van der Waals surface area contributed by atoms with Gasteiger partial charge in [-0.25, -0.2) is 0 Å². The molecule has 35 heavy (non-hydrogen) atoms. The Morgan fingerprint density at radius 3 is 2.46 bits per heavy atom. The molecule has 0 aliphatic rings. The second kappa shape index (κ2) is 12.2. The minimum absolute atomic E-state index is 0.0148.